The molecule has 0 spiro atoms. The largest absolute Gasteiger partial charge is 0.490 e. The van der Waals surface area contributed by atoms with E-state index in [9.17, 15) is 82.0 Å². The molecular weight excluding hydrogens is 1130 g/mol. The van der Waals surface area contributed by atoms with Crippen LogP contribution in [-0.4, -0.2) is 132 Å². The van der Waals surface area contributed by atoms with E-state index in [2.05, 4.69) is 10.2 Å². The van der Waals surface area contributed by atoms with Gasteiger partial charge in [0.1, 0.15) is 18.3 Å². The van der Waals surface area contributed by atoms with Crippen LogP contribution in [0.1, 0.15) is 91.1 Å². The van der Waals surface area contributed by atoms with Gasteiger partial charge in [0.2, 0.25) is 5.76 Å². The number of hydrogen-bond acceptors (Lipinski definition) is 12. The fourth-order valence-corrected chi connectivity index (χ4v) is 9.57. The maximum Gasteiger partial charge on any atom is 0.460 e. The molecule has 3 heterocycles. The van der Waals surface area contributed by atoms with Crippen molar-refractivity contribution in [2.45, 2.75) is 171 Å². The molecule has 3 aliphatic rings. The number of halogens is 17. The first-order chi connectivity index (χ1) is 36.2. The molecular formula is C51H61F17N2O10. The zero-order valence-corrected chi connectivity index (χ0v) is 44.6. The van der Waals surface area contributed by atoms with E-state index >= 15 is 17.6 Å². The quantitative estimate of drug-likeness (QED) is 0.101. The molecule has 29 heteroatoms. The molecule has 3 N–H and O–H groups in total. The van der Waals surface area contributed by atoms with Crippen LogP contribution in [0.25, 0.3) is 0 Å². The summed E-state index contributed by atoms with van der Waals surface area (Å²) in [4.78, 5) is 27.5. The third-order valence-electron chi connectivity index (χ3n) is 14.7. The van der Waals surface area contributed by atoms with Crippen LogP contribution in [0.2, 0.25) is 0 Å². The van der Waals surface area contributed by atoms with Crippen molar-refractivity contribution in [3.63, 3.8) is 0 Å². The predicted molar refractivity (Wildman–Crippen MR) is 247 cm³/mol. The molecule has 454 valence electrons. The number of carbonyl (C=O) groups excluding carboxylic acids is 2. The molecule has 0 bridgehead atoms. The maximum absolute atomic E-state index is 15.5. The van der Waals surface area contributed by atoms with E-state index in [0.717, 1.165) is 5.57 Å². The molecule has 4 rings (SSSR count). The lowest BCUT2D eigenvalue weighted by Gasteiger charge is -2.50. The van der Waals surface area contributed by atoms with E-state index in [1.165, 1.54) is 41.1 Å². The summed E-state index contributed by atoms with van der Waals surface area (Å²) >= 11 is 0. The Morgan fingerprint density at radius 2 is 1.29 bits per heavy atom. The highest BCUT2D eigenvalue weighted by molar-refractivity contribution is 5.89. The minimum absolute atomic E-state index is 0.193. The van der Waals surface area contributed by atoms with E-state index < -0.39 is 149 Å². The number of alkyl halides is 17. The van der Waals surface area contributed by atoms with Crippen molar-refractivity contribution in [2.75, 3.05) is 14.2 Å². The Kier molecular flexibility index (Phi) is 19.8. The number of methoxy groups -OCH3 is 2. The highest BCUT2D eigenvalue weighted by atomic mass is 19.4. The van der Waals surface area contributed by atoms with Crippen molar-refractivity contribution in [3.8, 4) is 0 Å². The number of ether oxygens (including phenoxy) is 5. The summed E-state index contributed by atoms with van der Waals surface area (Å²) < 4.78 is 269. The van der Waals surface area contributed by atoms with E-state index in [1.54, 1.807) is 52.0 Å². The Morgan fingerprint density at radius 3 is 1.76 bits per heavy atom. The lowest BCUT2D eigenvalue weighted by Crippen LogP contribution is -2.75. The second-order valence-electron chi connectivity index (χ2n) is 20.9. The summed E-state index contributed by atoms with van der Waals surface area (Å²) in [6.07, 6.45) is -7.26. The van der Waals surface area contributed by atoms with Crippen LogP contribution < -0.4 is 0 Å². The fourth-order valence-electron chi connectivity index (χ4n) is 9.57. The third kappa shape index (κ3) is 12.0. The van der Waals surface area contributed by atoms with Crippen LogP contribution in [0.15, 0.2) is 81.8 Å². The van der Waals surface area contributed by atoms with Gasteiger partial charge in [0.15, 0.2) is 5.79 Å². The van der Waals surface area contributed by atoms with E-state index in [-0.39, 0.29) is 29.7 Å². The number of aliphatic hydroxyl groups is 3. The molecule has 0 radical (unpaired) electrons. The highest BCUT2D eigenvalue weighted by Crippen LogP contribution is 2.67. The first-order valence-corrected chi connectivity index (χ1v) is 24.5. The zero-order valence-electron chi connectivity index (χ0n) is 44.6. The maximum atomic E-state index is 15.5. The van der Waals surface area contributed by atoms with Crippen molar-refractivity contribution < 1.29 is 123 Å². The Hall–Kier alpha value is -4.87. The second-order valence-corrected chi connectivity index (χ2v) is 20.9. The average molecular weight is 1190 g/mol. The van der Waals surface area contributed by atoms with Gasteiger partial charge in [-0.25, -0.2) is 9.59 Å². The molecule has 0 aromatic heterocycles. The summed E-state index contributed by atoms with van der Waals surface area (Å²) in [5, 5.41) is 40.4. The summed E-state index contributed by atoms with van der Waals surface area (Å²) in [5.41, 5.74) is -5.32. The van der Waals surface area contributed by atoms with Crippen molar-refractivity contribution in [3.05, 3.63) is 82.7 Å². The summed E-state index contributed by atoms with van der Waals surface area (Å²) in [6.45, 7) is 14.8. The molecule has 12 nitrogen and oxygen atoms in total. The lowest BCUT2D eigenvalue weighted by molar-refractivity contribution is -0.463. The number of cyclic esters (lactones) is 1. The molecule has 1 aromatic rings. The van der Waals surface area contributed by atoms with Gasteiger partial charge >= 0.3 is 59.6 Å². The van der Waals surface area contributed by atoms with Crippen molar-refractivity contribution in [1.82, 2.24) is 0 Å². The van der Waals surface area contributed by atoms with Gasteiger partial charge in [-0.2, -0.15) is 74.6 Å². The molecule has 80 heavy (non-hydrogen) atoms. The summed E-state index contributed by atoms with van der Waals surface area (Å²) in [6, 6.07) is 1.34. The molecule has 1 aromatic carbocycles. The number of benzene rings is 1. The monoisotopic (exact) mass is 1190 g/mol. The fraction of sp³-hybridized carbons (Fsp3) is 0.686. The molecule has 0 aliphatic carbocycles. The number of carbonyl (C=O) groups is 2. The third-order valence-corrected chi connectivity index (χ3v) is 14.7. The minimum atomic E-state index is -8.83. The van der Waals surface area contributed by atoms with Crippen molar-refractivity contribution in [2.24, 2.45) is 45.7 Å². The van der Waals surface area contributed by atoms with Gasteiger partial charge in [-0.3, -0.25) is 0 Å². The number of nitrogens with zero attached hydrogens (tertiary/aromatic N) is 2. The second kappa shape index (κ2) is 23.4. The van der Waals surface area contributed by atoms with Gasteiger partial charge < -0.3 is 39.0 Å². The van der Waals surface area contributed by atoms with Crippen molar-refractivity contribution >= 4 is 11.9 Å². The van der Waals surface area contributed by atoms with Crippen molar-refractivity contribution in [1.29, 1.82) is 0 Å². The minimum Gasteiger partial charge on any atom is -0.490 e. The van der Waals surface area contributed by atoms with Gasteiger partial charge in [-0.05, 0) is 50.3 Å². The standard InChI is InChI=1S/C51H61F17N2O10/c1-23(2)38-28(7)35(22-42(75,80-38)30(9)37(72)29(8)39-33(76-10)14-12-13-24(3)19-26(5)36(71)27(6)20-25(4)21-34(77-11)41(74)79-39)78-40(73)31-15-17-32(18-16-31)43(69-70-43)44(52,53)45(54,55)46(56,57)47(58,59)48(60,61)49(62,63)50(64,65)51(66,67)68/h12-18,20-21,23,26-30,33,35-39,71-72,75H,19,22H2,1-11H3/b14-12-,24-13+,25-20+,34-21+/i40+2. The smallest absolute Gasteiger partial charge is 0.460 e. The molecule has 12 unspecified atom stereocenters. The van der Waals surface area contributed by atoms with E-state index in [1.807, 2.05) is 13.8 Å². The van der Waals surface area contributed by atoms with Crippen LogP contribution in [-0.2, 0) is 34.1 Å². The topological polar surface area (TPSA) is 166 Å². The number of allylic oxidation sites excluding steroid dienone is 5. The number of rotatable bonds is 17. The van der Waals surface area contributed by atoms with E-state index in [4.69, 9.17) is 23.7 Å². The molecule has 12 atom stereocenters. The number of esters is 2. The average Bonchev–Trinajstić information content (AvgIpc) is 4.18. The van der Waals surface area contributed by atoms with Crippen LogP contribution >= 0.6 is 0 Å². The van der Waals surface area contributed by atoms with Gasteiger partial charge in [0, 0.05) is 42.8 Å². The lowest BCUT2D eigenvalue weighted by atomic mass is 9.76. The van der Waals surface area contributed by atoms with Crippen LogP contribution in [0, 0.1) is 35.5 Å². The summed E-state index contributed by atoms with van der Waals surface area (Å²) in [7, 11) is 2.51. The molecule has 1 saturated heterocycles. The summed E-state index contributed by atoms with van der Waals surface area (Å²) in [5.74, 6) is -67.9. The van der Waals surface area contributed by atoms with Gasteiger partial charge in [-0.15, -0.1) is 10.2 Å². The van der Waals surface area contributed by atoms with Crippen LogP contribution in [0.5, 0.6) is 0 Å². The molecule has 0 saturated carbocycles. The van der Waals surface area contributed by atoms with Crippen LogP contribution in [0.3, 0.4) is 0 Å². The number of hydrogen-bond donors (Lipinski definition) is 3. The molecule has 3 aliphatic heterocycles. The zero-order chi connectivity index (χ0) is 61.7. The Balaban J connectivity index is 1.65. The molecule has 0 amide bonds. The predicted octanol–water partition coefficient (Wildman–Crippen LogP) is 12.2. The van der Waals surface area contributed by atoms with E-state index in [0.29, 0.717) is 24.1 Å². The van der Waals surface area contributed by atoms with Gasteiger partial charge in [-0.1, -0.05) is 96.0 Å². The molecule has 1 fully saturated rings. The first-order valence-electron chi connectivity index (χ1n) is 24.5. The van der Waals surface area contributed by atoms with Crippen LogP contribution in [0.4, 0.5) is 74.6 Å². The first kappa shape index (κ1) is 67.6. The van der Waals surface area contributed by atoms with Gasteiger partial charge in [0.05, 0.1) is 31.0 Å². The van der Waals surface area contributed by atoms with Gasteiger partial charge in [0.25, 0.3) is 5.66 Å². The number of aliphatic hydroxyl groups excluding tert-OH is 2. The Morgan fingerprint density at radius 1 is 0.775 bits per heavy atom. The Bertz CT molecular complexity index is 2530. The Labute approximate surface area is 448 Å². The normalized spacial score (nSPS) is 30.9. The SMILES string of the molecule is CO/C1=C/C(C)=C/C(C)C(O)C(C)C/C(C)=C/C=C\C(OC)C(C(C)C(O)C(C)C2(O)CC(O[14C](=O)c3ccc(C4(C(F)(F)C(F)(F)C(F)(F)C(F)(F)C(F)(F)C(F)(F)C(F)(F)C(F)(F)F)N=N4)cc3)C(C)C(C(C)C)O2)OC1=O. The highest BCUT2D eigenvalue weighted by Gasteiger charge is 2.97.